The predicted octanol–water partition coefficient (Wildman–Crippen LogP) is 1.88. The van der Waals surface area contributed by atoms with E-state index in [1.54, 1.807) is 13.0 Å². The molecule has 0 radical (unpaired) electrons. The van der Waals surface area contributed by atoms with Gasteiger partial charge >= 0.3 is 6.09 Å². The molecule has 5 heteroatoms. The topological polar surface area (TPSA) is 64.3 Å². The fourth-order valence-corrected chi connectivity index (χ4v) is 1.42. The Morgan fingerprint density at radius 1 is 1.59 bits per heavy atom. The molecule has 1 aromatic rings. The van der Waals surface area contributed by atoms with Gasteiger partial charge in [0.25, 0.3) is 0 Å². The highest BCUT2D eigenvalue weighted by molar-refractivity contribution is 5.64. The highest BCUT2D eigenvalue weighted by Gasteiger charge is 2.07. The molecule has 0 saturated heterocycles. The van der Waals surface area contributed by atoms with Crippen molar-refractivity contribution in [2.24, 2.45) is 5.73 Å². The van der Waals surface area contributed by atoms with Gasteiger partial charge in [-0.15, -0.1) is 0 Å². The molecule has 0 aromatic heterocycles. The van der Waals surface area contributed by atoms with Crippen molar-refractivity contribution in [3.05, 3.63) is 35.1 Å². The Hall–Kier alpha value is -1.62. The first-order valence-electron chi connectivity index (χ1n) is 5.42. The van der Waals surface area contributed by atoms with Gasteiger partial charge in [-0.05, 0) is 31.0 Å². The third kappa shape index (κ3) is 4.40. The van der Waals surface area contributed by atoms with E-state index in [0.29, 0.717) is 12.1 Å². The number of ether oxygens (including phenoxy) is 1. The van der Waals surface area contributed by atoms with Crippen molar-refractivity contribution in [2.45, 2.75) is 19.9 Å². The summed E-state index contributed by atoms with van der Waals surface area (Å²) in [6.45, 7) is 4.31. The lowest BCUT2D eigenvalue weighted by atomic mass is 10.1. The SMILES string of the molecule is Cc1ccc(C(C)NCCOC(N)=O)cc1F. The number of aryl methyl sites for hydroxylation is 1. The first-order chi connectivity index (χ1) is 8.00. The van der Waals surface area contributed by atoms with Crippen LogP contribution in [0.5, 0.6) is 0 Å². The van der Waals surface area contributed by atoms with Crippen LogP contribution in [0.4, 0.5) is 9.18 Å². The van der Waals surface area contributed by atoms with Crippen LogP contribution in [0.25, 0.3) is 0 Å². The third-order valence-electron chi connectivity index (χ3n) is 2.49. The maximum Gasteiger partial charge on any atom is 0.404 e. The fourth-order valence-electron chi connectivity index (χ4n) is 1.42. The summed E-state index contributed by atoms with van der Waals surface area (Å²) >= 11 is 0. The van der Waals surface area contributed by atoms with Gasteiger partial charge in [-0.25, -0.2) is 9.18 Å². The van der Waals surface area contributed by atoms with Gasteiger partial charge in [0.15, 0.2) is 0 Å². The predicted molar refractivity (Wildman–Crippen MR) is 63.1 cm³/mol. The van der Waals surface area contributed by atoms with Gasteiger partial charge in [-0.2, -0.15) is 0 Å². The second-order valence-corrected chi connectivity index (χ2v) is 3.85. The van der Waals surface area contributed by atoms with Gasteiger partial charge in [0.1, 0.15) is 12.4 Å². The maximum atomic E-state index is 13.3. The zero-order chi connectivity index (χ0) is 12.8. The van der Waals surface area contributed by atoms with Crippen molar-refractivity contribution in [1.29, 1.82) is 0 Å². The molecule has 0 fully saturated rings. The Balaban J connectivity index is 2.44. The summed E-state index contributed by atoms with van der Waals surface area (Å²) in [5.74, 6) is -0.218. The number of halogens is 1. The minimum atomic E-state index is -0.791. The Morgan fingerprint density at radius 2 is 2.29 bits per heavy atom. The molecule has 1 unspecified atom stereocenters. The minimum absolute atomic E-state index is 0.0124. The van der Waals surface area contributed by atoms with Crippen LogP contribution in [0.2, 0.25) is 0 Å². The van der Waals surface area contributed by atoms with Crippen molar-refractivity contribution in [2.75, 3.05) is 13.2 Å². The van der Waals surface area contributed by atoms with E-state index in [4.69, 9.17) is 5.73 Å². The molecule has 4 nitrogen and oxygen atoms in total. The molecule has 1 amide bonds. The maximum absolute atomic E-state index is 13.3. The molecule has 0 bridgehead atoms. The summed E-state index contributed by atoms with van der Waals surface area (Å²) in [5, 5.41) is 3.10. The number of hydrogen-bond acceptors (Lipinski definition) is 3. The highest BCUT2D eigenvalue weighted by atomic mass is 19.1. The second kappa shape index (κ2) is 6.20. The molecular formula is C12H17FN2O2. The van der Waals surface area contributed by atoms with Crippen LogP contribution < -0.4 is 11.1 Å². The fraction of sp³-hybridized carbons (Fsp3) is 0.417. The summed E-state index contributed by atoms with van der Waals surface area (Å²) in [4.78, 5) is 10.3. The van der Waals surface area contributed by atoms with Gasteiger partial charge in [0.2, 0.25) is 0 Å². The van der Waals surface area contributed by atoms with Gasteiger partial charge in [-0.1, -0.05) is 12.1 Å². The van der Waals surface area contributed by atoms with E-state index < -0.39 is 6.09 Å². The van der Waals surface area contributed by atoms with Crippen molar-refractivity contribution < 1.29 is 13.9 Å². The lowest BCUT2D eigenvalue weighted by molar-refractivity contribution is 0.156. The van der Waals surface area contributed by atoms with Crippen LogP contribution in [-0.2, 0) is 4.74 Å². The normalized spacial score (nSPS) is 12.2. The number of carbonyl (C=O) groups excluding carboxylic acids is 1. The van der Waals surface area contributed by atoms with Gasteiger partial charge < -0.3 is 15.8 Å². The summed E-state index contributed by atoms with van der Waals surface area (Å²) < 4.78 is 17.9. The van der Waals surface area contributed by atoms with Crippen LogP contribution in [0.15, 0.2) is 18.2 Å². The molecule has 0 spiro atoms. The average Bonchev–Trinajstić information content (AvgIpc) is 2.27. The number of hydrogen-bond donors (Lipinski definition) is 2. The molecule has 1 aromatic carbocycles. The zero-order valence-electron chi connectivity index (χ0n) is 10.00. The number of carbonyl (C=O) groups is 1. The molecule has 0 heterocycles. The van der Waals surface area contributed by atoms with Crippen molar-refractivity contribution >= 4 is 6.09 Å². The lowest BCUT2D eigenvalue weighted by Crippen LogP contribution is -2.26. The highest BCUT2D eigenvalue weighted by Crippen LogP contribution is 2.15. The molecule has 0 aliphatic rings. The Labute approximate surface area is 100.0 Å². The number of nitrogens with two attached hydrogens (primary N) is 1. The lowest BCUT2D eigenvalue weighted by Gasteiger charge is -2.14. The Morgan fingerprint density at radius 3 is 2.88 bits per heavy atom. The van der Waals surface area contributed by atoms with E-state index in [2.05, 4.69) is 10.1 Å². The third-order valence-corrected chi connectivity index (χ3v) is 2.49. The first kappa shape index (κ1) is 13.4. The van der Waals surface area contributed by atoms with Crippen LogP contribution >= 0.6 is 0 Å². The summed E-state index contributed by atoms with van der Waals surface area (Å²) in [6.07, 6.45) is -0.791. The molecule has 94 valence electrons. The summed E-state index contributed by atoms with van der Waals surface area (Å²) in [5.41, 5.74) is 6.30. The van der Waals surface area contributed by atoms with Crippen LogP contribution in [0.1, 0.15) is 24.1 Å². The number of rotatable bonds is 5. The van der Waals surface area contributed by atoms with Crippen LogP contribution in [0.3, 0.4) is 0 Å². The molecule has 0 aliphatic heterocycles. The summed E-state index contributed by atoms with van der Waals surface area (Å²) in [7, 11) is 0. The quantitative estimate of drug-likeness (QED) is 0.772. The minimum Gasteiger partial charge on any atom is -0.448 e. The van der Waals surface area contributed by atoms with E-state index in [-0.39, 0.29) is 18.5 Å². The largest absolute Gasteiger partial charge is 0.448 e. The summed E-state index contributed by atoms with van der Waals surface area (Å²) in [6, 6.07) is 5.09. The van der Waals surface area contributed by atoms with Gasteiger partial charge in [0.05, 0.1) is 0 Å². The molecule has 17 heavy (non-hydrogen) atoms. The van der Waals surface area contributed by atoms with Gasteiger partial charge in [-0.3, -0.25) is 0 Å². The molecular weight excluding hydrogens is 223 g/mol. The smallest absolute Gasteiger partial charge is 0.404 e. The molecule has 0 aliphatic carbocycles. The van der Waals surface area contributed by atoms with E-state index in [1.165, 1.54) is 6.07 Å². The zero-order valence-corrected chi connectivity index (χ0v) is 10.00. The number of primary amides is 1. The van der Waals surface area contributed by atoms with E-state index in [1.807, 2.05) is 13.0 Å². The van der Waals surface area contributed by atoms with E-state index in [0.717, 1.165) is 5.56 Å². The standard InChI is InChI=1S/C12H17FN2O2/c1-8-3-4-10(7-11(8)13)9(2)15-5-6-17-12(14)16/h3-4,7,9,15H,5-6H2,1-2H3,(H2,14,16). The molecule has 0 saturated carbocycles. The van der Waals surface area contributed by atoms with Crippen LogP contribution in [-0.4, -0.2) is 19.2 Å². The number of amides is 1. The Kier molecular flexibility index (Phi) is 4.90. The average molecular weight is 240 g/mol. The van der Waals surface area contributed by atoms with Crippen molar-refractivity contribution in [3.8, 4) is 0 Å². The monoisotopic (exact) mass is 240 g/mol. The van der Waals surface area contributed by atoms with E-state index in [9.17, 15) is 9.18 Å². The molecule has 3 N–H and O–H groups in total. The first-order valence-corrected chi connectivity index (χ1v) is 5.42. The number of nitrogens with one attached hydrogen (secondary N) is 1. The van der Waals surface area contributed by atoms with Crippen molar-refractivity contribution in [1.82, 2.24) is 5.32 Å². The second-order valence-electron chi connectivity index (χ2n) is 3.85. The Bertz CT molecular complexity index is 396. The van der Waals surface area contributed by atoms with Crippen LogP contribution in [0, 0.1) is 12.7 Å². The molecule has 1 rings (SSSR count). The van der Waals surface area contributed by atoms with Crippen molar-refractivity contribution in [3.63, 3.8) is 0 Å². The molecule has 1 atom stereocenters. The van der Waals surface area contributed by atoms with E-state index >= 15 is 0 Å². The van der Waals surface area contributed by atoms with Gasteiger partial charge in [0, 0.05) is 12.6 Å². The number of benzene rings is 1.